The molecule has 0 spiro atoms. The Morgan fingerprint density at radius 1 is 1.07 bits per heavy atom. The summed E-state index contributed by atoms with van der Waals surface area (Å²) in [6.07, 6.45) is 3.29. The molecule has 1 saturated heterocycles. The molecule has 1 N–H and O–H groups in total. The quantitative estimate of drug-likeness (QED) is 0.780. The van der Waals surface area contributed by atoms with Crippen LogP contribution in [0.4, 0.5) is 0 Å². The first-order valence-corrected chi connectivity index (χ1v) is 9.90. The van der Waals surface area contributed by atoms with E-state index in [1.54, 1.807) is 31.2 Å². The monoisotopic (exact) mass is 381 g/mol. The molecule has 2 aromatic rings. The van der Waals surface area contributed by atoms with Crippen molar-refractivity contribution in [2.45, 2.75) is 51.7 Å². The van der Waals surface area contributed by atoms with Crippen LogP contribution >= 0.6 is 0 Å². The summed E-state index contributed by atoms with van der Waals surface area (Å²) in [5, 5.41) is 9.38. The highest BCUT2D eigenvalue weighted by atomic mass is 16.5. The summed E-state index contributed by atoms with van der Waals surface area (Å²) in [6, 6.07) is 14.1. The zero-order valence-electron chi connectivity index (χ0n) is 16.4. The van der Waals surface area contributed by atoms with Gasteiger partial charge in [-0.1, -0.05) is 31.2 Å². The van der Waals surface area contributed by atoms with E-state index in [0.717, 1.165) is 43.4 Å². The molecule has 2 aromatic carbocycles. The number of aromatic hydroxyl groups is 1. The molecule has 1 heterocycles. The van der Waals surface area contributed by atoms with Crippen LogP contribution in [0.2, 0.25) is 0 Å². The molecule has 0 aromatic heterocycles. The number of esters is 1. The van der Waals surface area contributed by atoms with E-state index in [1.807, 2.05) is 29.2 Å². The zero-order chi connectivity index (χ0) is 20.1. The fourth-order valence-corrected chi connectivity index (χ4v) is 3.68. The highest BCUT2D eigenvalue weighted by Gasteiger charge is 2.30. The van der Waals surface area contributed by atoms with E-state index in [4.69, 9.17) is 4.74 Å². The second-order valence-electron chi connectivity index (χ2n) is 7.26. The predicted molar refractivity (Wildman–Crippen MR) is 108 cm³/mol. The van der Waals surface area contributed by atoms with Crippen LogP contribution in [0.1, 0.15) is 49.9 Å². The Bertz CT molecular complexity index is 814. The molecule has 3 rings (SSSR count). The van der Waals surface area contributed by atoms with Crippen LogP contribution in [0.15, 0.2) is 48.5 Å². The maximum Gasteiger partial charge on any atom is 0.338 e. The number of phenols is 1. The van der Waals surface area contributed by atoms with Gasteiger partial charge < -0.3 is 14.7 Å². The zero-order valence-corrected chi connectivity index (χ0v) is 16.4. The van der Waals surface area contributed by atoms with Gasteiger partial charge in [-0.25, -0.2) is 4.79 Å². The molecule has 0 aliphatic carbocycles. The summed E-state index contributed by atoms with van der Waals surface area (Å²) in [4.78, 5) is 27.1. The molecule has 5 heteroatoms. The van der Waals surface area contributed by atoms with Crippen molar-refractivity contribution in [2.75, 3.05) is 6.54 Å². The second-order valence-corrected chi connectivity index (χ2v) is 7.26. The first-order valence-electron chi connectivity index (χ1n) is 9.90. The maximum absolute atomic E-state index is 12.7. The van der Waals surface area contributed by atoms with Gasteiger partial charge in [0, 0.05) is 12.6 Å². The fraction of sp³-hybridized carbons (Fsp3) is 0.391. The third kappa shape index (κ3) is 4.53. The molecule has 0 bridgehead atoms. The van der Waals surface area contributed by atoms with Crippen LogP contribution in [-0.4, -0.2) is 40.6 Å². The number of rotatable bonds is 5. The van der Waals surface area contributed by atoms with Crippen molar-refractivity contribution in [2.24, 2.45) is 0 Å². The van der Waals surface area contributed by atoms with Crippen LogP contribution in [0.3, 0.4) is 0 Å². The Labute approximate surface area is 165 Å². The lowest BCUT2D eigenvalue weighted by molar-refractivity contribution is -0.143. The lowest BCUT2D eigenvalue weighted by Crippen LogP contribution is -2.48. The van der Waals surface area contributed by atoms with Crippen molar-refractivity contribution in [3.05, 3.63) is 54.1 Å². The number of likely N-dealkylation sites (tertiary alicyclic amines) is 1. The molecule has 28 heavy (non-hydrogen) atoms. The van der Waals surface area contributed by atoms with Crippen molar-refractivity contribution in [3.63, 3.8) is 0 Å². The second kappa shape index (κ2) is 8.91. The summed E-state index contributed by atoms with van der Waals surface area (Å²) in [6.45, 7) is 4.47. The molecule has 0 saturated carbocycles. The molecular formula is C23H27NO4. The number of amides is 1. The van der Waals surface area contributed by atoms with Crippen LogP contribution in [-0.2, 0) is 9.53 Å². The van der Waals surface area contributed by atoms with Gasteiger partial charge in [0.1, 0.15) is 5.75 Å². The van der Waals surface area contributed by atoms with Gasteiger partial charge in [0.05, 0.1) is 5.56 Å². The number of ether oxygens (including phenoxy) is 1. The highest BCUT2D eigenvalue weighted by Crippen LogP contribution is 2.23. The summed E-state index contributed by atoms with van der Waals surface area (Å²) in [5.41, 5.74) is 2.28. The van der Waals surface area contributed by atoms with E-state index in [1.165, 1.54) is 0 Å². The summed E-state index contributed by atoms with van der Waals surface area (Å²) in [7, 11) is 0. The molecule has 0 radical (unpaired) electrons. The van der Waals surface area contributed by atoms with Gasteiger partial charge in [-0.3, -0.25) is 4.79 Å². The van der Waals surface area contributed by atoms with E-state index >= 15 is 0 Å². The Kier molecular flexibility index (Phi) is 6.34. The minimum Gasteiger partial charge on any atom is -0.508 e. The lowest BCUT2D eigenvalue weighted by atomic mass is 9.99. The third-order valence-corrected chi connectivity index (χ3v) is 5.33. The SMILES string of the molecule is CC[C@H]1CCCCN1C(=O)[C@@H](C)OC(=O)c1ccc(-c2ccc(O)cc2)cc1. The fourth-order valence-electron chi connectivity index (χ4n) is 3.68. The van der Waals surface area contributed by atoms with Crippen molar-refractivity contribution < 1.29 is 19.4 Å². The van der Waals surface area contributed by atoms with Gasteiger partial charge in [0.15, 0.2) is 6.10 Å². The van der Waals surface area contributed by atoms with Crippen molar-refractivity contribution in [1.82, 2.24) is 4.90 Å². The van der Waals surface area contributed by atoms with Crippen LogP contribution in [0, 0.1) is 0 Å². The van der Waals surface area contributed by atoms with Crippen LogP contribution < -0.4 is 0 Å². The average molecular weight is 381 g/mol. The standard InChI is InChI=1S/C23H27NO4/c1-3-20-6-4-5-15-24(20)22(26)16(2)28-23(27)19-9-7-17(8-10-19)18-11-13-21(25)14-12-18/h7-14,16,20,25H,3-6,15H2,1-2H3/t16-,20+/m1/s1. The first-order chi connectivity index (χ1) is 13.5. The number of phenolic OH excluding ortho intramolecular Hbond substituents is 1. The van der Waals surface area contributed by atoms with Gasteiger partial charge in [0.2, 0.25) is 0 Å². The number of nitrogens with zero attached hydrogens (tertiary/aromatic N) is 1. The van der Waals surface area contributed by atoms with E-state index in [-0.39, 0.29) is 17.7 Å². The molecule has 1 amide bonds. The number of hydrogen-bond acceptors (Lipinski definition) is 4. The van der Waals surface area contributed by atoms with Gasteiger partial charge >= 0.3 is 5.97 Å². The van der Waals surface area contributed by atoms with E-state index < -0.39 is 12.1 Å². The minimum atomic E-state index is -0.795. The smallest absolute Gasteiger partial charge is 0.338 e. The maximum atomic E-state index is 12.7. The molecule has 1 fully saturated rings. The lowest BCUT2D eigenvalue weighted by Gasteiger charge is -2.36. The highest BCUT2D eigenvalue weighted by molar-refractivity contribution is 5.92. The van der Waals surface area contributed by atoms with Gasteiger partial charge in [-0.15, -0.1) is 0 Å². The Balaban J connectivity index is 1.63. The third-order valence-electron chi connectivity index (χ3n) is 5.33. The number of benzene rings is 2. The number of hydrogen-bond donors (Lipinski definition) is 1. The van der Waals surface area contributed by atoms with Crippen molar-refractivity contribution >= 4 is 11.9 Å². The normalized spacial score (nSPS) is 17.8. The van der Waals surface area contributed by atoms with Crippen LogP contribution in [0.5, 0.6) is 5.75 Å². The minimum absolute atomic E-state index is 0.111. The Morgan fingerprint density at radius 3 is 2.29 bits per heavy atom. The number of carbonyl (C=O) groups is 2. The summed E-state index contributed by atoms with van der Waals surface area (Å²) in [5.74, 6) is -0.398. The largest absolute Gasteiger partial charge is 0.508 e. The van der Waals surface area contributed by atoms with Crippen LogP contribution in [0.25, 0.3) is 11.1 Å². The molecule has 1 aliphatic rings. The Hall–Kier alpha value is -2.82. The Morgan fingerprint density at radius 2 is 1.68 bits per heavy atom. The van der Waals surface area contributed by atoms with E-state index in [0.29, 0.717) is 5.56 Å². The molecule has 2 atom stereocenters. The van der Waals surface area contributed by atoms with Gasteiger partial charge in [-0.05, 0) is 68.0 Å². The average Bonchev–Trinajstić information content (AvgIpc) is 2.73. The van der Waals surface area contributed by atoms with Gasteiger partial charge in [0.25, 0.3) is 5.91 Å². The topological polar surface area (TPSA) is 66.8 Å². The molecule has 0 unspecified atom stereocenters. The molecule has 1 aliphatic heterocycles. The van der Waals surface area contributed by atoms with Gasteiger partial charge in [-0.2, -0.15) is 0 Å². The summed E-state index contributed by atoms with van der Waals surface area (Å²) < 4.78 is 5.44. The van der Waals surface area contributed by atoms with Crippen molar-refractivity contribution in [1.29, 1.82) is 0 Å². The van der Waals surface area contributed by atoms with E-state index in [2.05, 4.69) is 6.92 Å². The number of carbonyl (C=O) groups excluding carboxylic acids is 2. The predicted octanol–water partition coefficient (Wildman–Crippen LogP) is 4.40. The first kappa shape index (κ1) is 19.9. The van der Waals surface area contributed by atoms with Crippen molar-refractivity contribution in [3.8, 4) is 16.9 Å². The number of piperidine rings is 1. The molecule has 148 valence electrons. The molecular weight excluding hydrogens is 354 g/mol. The van der Waals surface area contributed by atoms with E-state index in [9.17, 15) is 14.7 Å². The molecule has 5 nitrogen and oxygen atoms in total. The summed E-state index contributed by atoms with van der Waals surface area (Å²) >= 11 is 0.